The van der Waals surface area contributed by atoms with Crippen molar-refractivity contribution in [1.29, 1.82) is 0 Å². The molecule has 0 fully saturated rings. The summed E-state index contributed by atoms with van der Waals surface area (Å²) in [7, 11) is 0. The largest absolute Gasteiger partial charge is 0.322 e. The van der Waals surface area contributed by atoms with Gasteiger partial charge in [-0.15, -0.1) is 0 Å². The number of anilines is 1. The number of hydrogen-bond donors (Lipinski definition) is 1. The van der Waals surface area contributed by atoms with E-state index in [0.29, 0.717) is 15.6 Å². The highest BCUT2D eigenvalue weighted by molar-refractivity contribution is 14.1. The first-order chi connectivity index (χ1) is 8.56. The molecule has 0 aliphatic carbocycles. The lowest BCUT2D eigenvalue weighted by molar-refractivity contribution is 0.102. The summed E-state index contributed by atoms with van der Waals surface area (Å²) >= 11 is 13.9. The average molecular weight is 392 g/mol. The molecule has 2 aromatic carbocycles. The van der Waals surface area contributed by atoms with Crippen molar-refractivity contribution in [2.45, 2.75) is 0 Å². The van der Waals surface area contributed by atoms with Crippen LogP contribution in [0.2, 0.25) is 10.0 Å². The lowest BCUT2D eigenvalue weighted by atomic mass is 10.2. The molecule has 5 heteroatoms. The van der Waals surface area contributed by atoms with Crippen LogP contribution in [0.3, 0.4) is 0 Å². The fourth-order valence-electron chi connectivity index (χ4n) is 1.41. The molecule has 0 radical (unpaired) electrons. The zero-order valence-corrected chi connectivity index (χ0v) is 12.8. The Morgan fingerprint density at radius 3 is 2.50 bits per heavy atom. The number of benzene rings is 2. The molecule has 0 atom stereocenters. The van der Waals surface area contributed by atoms with Crippen LogP contribution in [0.4, 0.5) is 5.69 Å². The molecule has 0 saturated carbocycles. The van der Waals surface area contributed by atoms with E-state index in [1.165, 1.54) is 0 Å². The molecule has 18 heavy (non-hydrogen) atoms. The Balaban J connectivity index is 2.19. The Labute approximate surface area is 128 Å². The Bertz CT molecular complexity index is 601. The van der Waals surface area contributed by atoms with Crippen LogP contribution in [-0.4, -0.2) is 5.91 Å². The van der Waals surface area contributed by atoms with Crippen molar-refractivity contribution in [3.63, 3.8) is 0 Å². The number of amides is 1. The zero-order valence-electron chi connectivity index (χ0n) is 9.08. The molecule has 1 amide bonds. The number of carbonyl (C=O) groups is 1. The van der Waals surface area contributed by atoms with E-state index in [2.05, 4.69) is 27.9 Å². The summed E-state index contributed by atoms with van der Waals surface area (Å²) in [4.78, 5) is 12.0. The van der Waals surface area contributed by atoms with Gasteiger partial charge in [0.2, 0.25) is 0 Å². The standard InChI is InChI=1S/C13H8Cl2INO/c14-11-5-4-8(6-12(11)15)13(18)17-10-3-1-2-9(16)7-10/h1-7H,(H,17,18). The summed E-state index contributed by atoms with van der Waals surface area (Å²) in [5.41, 5.74) is 1.22. The fourth-order valence-corrected chi connectivity index (χ4v) is 2.25. The zero-order chi connectivity index (χ0) is 13.1. The molecule has 0 aliphatic heterocycles. The first-order valence-corrected chi connectivity index (χ1v) is 6.92. The minimum Gasteiger partial charge on any atom is -0.322 e. The predicted octanol–water partition coefficient (Wildman–Crippen LogP) is 4.85. The van der Waals surface area contributed by atoms with Gasteiger partial charge in [0.25, 0.3) is 5.91 Å². The highest BCUT2D eigenvalue weighted by Gasteiger charge is 2.08. The lowest BCUT2D eigenvalue weighted by Gasteiger charge is -2.06. The van der Waals surface area contributed by atoms with Gasteiger partial charge in [0.15, 0.2) is 0 Å². The maximum atomic E-state index is 12.0. The molecule has 0 bridgehead atoms. The monoisotopic (exact) mass is 391 g/mol. The number of nitrogens with one attached hydrogen (secondary N) is 1. The van der Waals surface area contributed by atoms with E-state index in [-0.39, 0.29) is 5.91 Å². The third kappa shape index (κ3) is 3.37. The van der Waals surface area contributed by atoms with Gasteiger partial charge in [-0.25, -0.2) is 0 Å². The van der Waals surface area contributed by atoms with Crippen LogP contribution >= 0.6 is 45.8 Å². The van der Waals surface area contributed by atoms with Gasteiger partial charge in [-0.3, -0.25) is 4.79 Å². The van der Waals surface area contributed by atoms with E-state index in [4.69, 9.17) is 23.2 Å². The van der Waals surface area contributed by atoms with Gasteiger partial charge in [0.05, 0.1) is 10.0 Å². The van der Waals surface area contributed by atoms with Crippen molar-refractivity contribution in [1.82, 2.24) is 0 Å². The van der Waals surface area contributed by atoms with Crippen molar-refractivity contribution < 1.29 is 4.79 Å². The molecule has 2 nitrogen and oxygen atoms in total. The van der Waals surface area contributed by atoms with E-state index in [0.717, 1.165) is 9.26 Å². The molecule has 0 aliphatic rings. The number of rotatable bonds is 2. The van der Waals surface area contributed by atoms with Crippen LogP contribution in [0.5, 0.6) is 0 Å². The smallest absolute Gasteiger partial charge is 0.255 e. The molecule has 0 aromatic heterocycles. The van der Waals surface area contributed by atoms with E-state index >= 15 is 0 Å². The Morgan fingerprint density at radius 2 is 1.83 bits per heavy atom. The lowest BCUT2D eigenvalue weighted by Crippen LogP contribution is -2.11. The molecule has 0 unspecified atom stereocenters. The number of halogens is 3. The summed E-state index contributed by atoms with van der Waals surface area (Å²) in [5.74, 6) is -0.212. The summed E-state index contributed by atoms with van der Waals surface area (Å²) < 4.78 is 1.06. The highest BCUT2D eigenvalue weighted by Crippen LogP contribution is 2.23. The van der Waals surface area contributed by atoms with Gasteiger partial charge in [0.1, 0.15) is 0 Å². The molecule has 92 valence electrons. The van der Waals surface area contributed by atoms with E-state index in [9.17, 15) is 4.79 Å². The molecular weight excluding hydrogens is 384 g/mol. The van der Waals surface area contributed by atoms with Gasteiger partial charge in [-0.1, -0.05) is 29.3 Å². The summed E-state index contributed by atoms with van der Waals surface area (Å²) in [6, 6.07) is 12.3. The number of hydrogen-bond acceptors (Lipinski definition) is 1. The van der Waals surface area contributed by atoms with Crippen molar-refractivity contribution in [3.8, 4) is 0 Å². The molecule has 2 aromatic rings. The third-order valence-electron chi connectivity index (χ3n) is 2.26. The van der Waals surface area contributed by atoms with Gasteiger partial charge in [-0.05, 0) is 59.0 Å². The van der Waals surface area contributed by atoms with E-state index in [1.807, 2.05) is 24.3 Å². The average Bonchev–Trinajstić information content (AvgIpc) is 2.32. The quantitative estimate of drug-likeness (QED) is 0.728. The van der Waals surface area contributed by atoms with Crippen LogP contribution in [0.15, 0.2) is 42.5 Å². The maximum Gasteiger partial charge on any atom is 0.255 e. The maximum absolute atomic E-state index is 12.0. The van der Waals surface area contributed by atoms with Crippen molar-refractivity contribution >= 4 is 57.4 Å². The molecular formula is C13H8Cl2INO. The molecule has 0 saturated heterocycles. The summed E-state index contributed by atoms with van der Waals surface area (Å²) in [6.07, 6.45) is 0. The van der Waals surface area contributed by atoms with Crippen LogP contribution < -0.4 is 5.32 Å². The Hall–Kier alpha value is -0.780. The van der Waals surface area contributed by atoms with Crippen LogP contribution in [0.1, 0.15) is 10.4 Å². The van der Waals surface area contributed by atoms with Crippen LogP contribution in [-0.2, 0) is 0 Å². The molecule has 0 heterocycles. The summed E-state index contributed by atoms with van der Waals surface area (Å²) in [6.45, 7) is 0. The minimum atomic E-state index is -0.212. The Morgan fingerprint density at radius 1 is 1.06 bits per heavy atom. The topological polar surface area (TPSA) is 29.1 Å². The first-order valence-electron chi connectivity index (χ1n) is 5.08. The first kappa shape index (κ1) is 13.6. The second kappa shape index (κ2) is 5.91. The van der Waals surface area contributed by atoms with Gasteiger partial charge in [-0.2, -0.15) is 0 Å². The number of carbonyl (C=O) groups excluding carboxylic acids is 1. The van der Waals surface area contributed by atoms with Crippen molar-refractivity contribution in [2.24, 2.45) is 0 Å². The molecule has 1 N–H and O–H groups in total. The van der Waals surface area contributed by atoms with E-state index < -0.39 is 0 Å². The second-order valence-electron chi connectivity index (χ2n) is 3.59. The van der Waals surface area contributed by atoms with Gasteiger partial charge >= 0.3 is 0 Å². The minimum absolute atomic E-state index is 0.212. The summed E-state index contributed by atoms with van der Waals surface area (Å²) in [5, 5.41) is 3.60. The van der Waals surface area contributed by atoms with Crippen molar-refractivity contribution in [3.05, 3.63) is 61.6 Å². The van der Waals surface area contributed by atoms with Crippen LogP contribution in [0, 0.1) is 3.57 Å². The SMILES string of the molecule is O=C(Nc1cccc(I)c1)c1ccc(Cl)c(Cl)c1. The van der Waals surface area contributed by atoms with Gasteiger partial charge < -0.3 is 5.32 Å². The van der Waals surface area contributed by atoms with Crippen molar-refractivity contribution in [2.75, 3.05) is 5.32 Å². The molecule has 0 spiro atoms. The third-order valence-corrected chi connectivity index (χ3v) is 3.67. The Kier molecular flexibility index (Phi) is 4.48. The van der Waals surface area contributed by atoms with E-state index in [1.54, 1.807) is 18.2 Å². The normalized spacial score (nSPS) is 10.2. The molecule has 2 rings (SSSR count). The highest BCUT2D eigenvalue weighted by atomic mass is 127. The van der Waals surface area contributed by atoms with Gasteiger partial charge in [0, 0.05) is 14.8 Å². The predicted molar refractivity (Wildman–Crippen MR) is 83.6 cm³/mol. The van der Waals surface area contributed by atoms with Crippen LogP contribution in [0.25, 0.3) is 0 Å². The second-order valence-corrected chi connectivity index (χ2v) is 5.65. The fraction of sp³-hybridized carbons (Fsp3) is 0.